The molecular formula is C15H19N3. The van der Waals surface area contributed by atoms with E-state index in [0.717, 1.165) is 18.1 Å². The maximum Gasteiger partial charge on any atom is 0.129 e. The minimum Gasteiger partial charge on any atom is -0.366 e. The summed E-state index contributed by atoms with van der Waals surface area (Å²) in [4.78, 5) is 8.30. The lowest BCUT2D eigenvalue weighted by atomic mass is 10.00. The van der Waals surface area contributed by atoms with Gasteiger partial charge in [-0.25, -0.2) is 9.97 Å². The minimum absolute atomic E-state index is 0.800. The van der Waals surface area contributed by atoms with Crippen LogP contribution in [0.2, 0.25) is 0 Å². The van der Waals surface area contributed by atoms with Crippen LogP contribution < -0.4 is 5.32 Å². The smallest absolute Gasteiger partial charge is 0.129 e. The first-order chi connectivity index (χ1) is 8.56. The van der Waals surface area contributed by atoms with Crippen LogP contribution >= 0.6 is 0 Å². The summed E-state index contributed by atoms with van der Waals surface area (Å²) in [6.07, 6.45) is 1.59. The number of rotatable bonds is 3. The lowest BCUT2D eigenvalue weighted by Crippen LogP contribution is -2.05. The van der Waals surface area contributed by atoms with Crippen molar-refractivity contribution in [3.8, 4) is 0 Å². The topological polar surface area (TPSA) is 37.8 Å². The van der Waals surface area contributed by atoms with Crippen LogP contribution in [0.1, 0.15) is 27.9 Å². The summed E-state index contributed by atoms with van der Waals surface area (Å²) < 4.78 is 0. The van der Waals surface area contributed by atoms with Crippen molar-refractivity contribution in [2.75, 3.05) is 5.32 Å². The van der Waals surface area contributed by atoms with Crippen molar-refractivity contribution < 1.29 is 0 Å². The Morgan fingerprint density at radius 2 is 1.61 bits per heavy atom. The molecule has 0 amide bonds. The molecule has 0 spiro atoms. The molecule has 0 saturated carbocycles. The molecule has 0 saturated heterocycles. The zero-order chi connectivity index (χ0) is 13.1. The van der Waals surface area contributed by atoms with E-state index >= 15 is 0 Å². The fourth-order valence-corrected chi connectivity index (χ4v) is 2.22. The minimum atomic E-state index is 0.800. The first-order valence-corrected chi connectivity index (χ1v) is 6.15. The Hall–Kier alpha value is -1.90. The Bertz CT molecular complexity index is 538. The van der Waals surface area contributed by atoms with Gasteiger partial charge in [-0.2, -0.15) is 0 Å². The molecule has 3 nitrogen and oxygen atoms in total. The second-order valence-electron chi connectivity index (χ2n) is 4.78. The van der Waals surface area contributed by atoms with E-state index in [1.807, 2.05) is 13.0 Å². The largest absolute Gasteiger partial charge is 0.366 e. The number of hydrogen-bond acceptors (Lipinski definition) is 3. The van der Waals surface area contributed by atoms with E-state index in [2.05, 4.69) is 48.2 Å². The number of hydrogen-bond donors (Lipinski definition) is 1. The highest BCUT2D eigenvalue weighted by Gasteiger charge is 2.04. The van der Waals surface area contributed by atoms with Crippen LogP contribution in [0.4, 0.5) is 5.82 Å². The summed E-state index contributed by atoms with van der Waals surface area (Å²) in [7, 11) is 0. The number of benzene rings is 1. The molecule has 0 aliphatic rings. The fourth-order valence-electron chi connectivity index (χ4n) is 2.22. The Balaban J connectivity index is 2.16. The maximum absolute atomic E-state index is 4.21. The van der Waals surface area contributed by atoms with E-state index in [1.165, 1.54) is 22.3 Å². The van der Waals surface area contributed by atoms with Crippen molar-refractivity contribution in [1.29, 1.82) is 0 Å². The second kappa shape index (κ2) is 5.17. The van der Waals surface area contributed by atoms with Crippen molar-refractivity contribution >= 4 is 5.82 Å². The predicted octanol–water partition coefficient (Wildman–Crippen LogP) is 3.32. The van der Waals surface area contributed by atoms with Gasteiger partial charge in [0.1, 0.15) is 12.1 Å². The van der Waals surface area contributed by atoms with Crippen molar-refractivity contribution in [2.24, 2.45) is 0 Å². The second-order valence-corrected chi connectivity index (χ2v) is 4.78. The molecule has 0 bridgehead atoms. The van der Waals surface area contributed by atoms with Crippen LogP contribution in [0.5, 0.6) is 0 Å². The Morgan fingerprint density at radius 3 is 2.22 bits per heavy atom. The average molecular weight is 241 g/mol. The first kappa shape index (κ1) is 12.6. The molecule has 0 aliphatic carbocycles. The van der Waals surface area contributed by atoms with Gasteiger partial charge < -0.3 is 5.32 Å². The lowest BCUT2D eigenvalue weighted by molar-refractivity contribution is 1.03. The molecule has 0 fully saturated rings. The molecule has 0 aliphatic heterocycles. The van der Waals surface area contributed by atoms with Crippen LogP contribution in [0.25, 0.3) is 0 Å². The van der Waals surface area contributed by atoms with Gasteiger partial charge in [0.05, 0.1) is 0 Å². The molecule has 94 valence electrons. The molecule has 2 aromatic rings. The Kier molecular flexibility index (Phi) is 3.60. The van der Waals surface area contributed by atoms with E-state index in [-0.39, 0.29) is 0 Å². The van der Waals surface area contributed by atoms with Crippen molar-refractivity contribution in [3.05, 3.63) is 52.5 Å². The van der Waals surface area contributed by atoms with Crippen LogP contribution in [0.3, 0.4) is 0 Å². The highest BCUT2D eigenvalue weighted by molar-refractivity contribution is 5.42. The van der Waals surface area contributed by atoms with Gasteiger partial charge >= 0.3 is 0 Å². The first-order valence-electron chi connectivity index (χ1n) is 6.15. The maximum atomic E-state index is 4.21. The van der Waals surface area contributed by atoms with Crippen molar-refractivity contribution in [2.45, 2.75) is 34.2 Å². The molecule has 1 N–H and O–H groups in total. The van der Waals surface area contributed by atoms with Crippen LogP contribution in [0, 0.1) is 27.7 Å². The van der Waals surface area contributed by atoms with Gasteiger partial charge in [-0.15, -0.1) is 0 Å². The number of aromatic nitrogens is 2. The lowest BCUT2D eigenvalue weighted by Gasteiger charge is -2.12. The van der Waals surface area contributed by atoms with Crippen molar-refractivity contribution in [3.63, 3.8) is 0 Å². The molecular weight excluding hydrogens is 222 g/mol. The number of nitrogens with zero attached hydrogens (tertiary/aromatic N) is 2. The number of nitrogens with one attached hydrogen (secondary N) is 1. The standard InChI is InChI=1S/C15H19N3/c1-10-5-11(2)14(12(3)6-10)8-16-15-7-13(4)17-9-18-15/h5-7,9H,8H2,1-4H3,(H,16,17,18). The summed E-state index contributed by atoms with van der Waals surface area (Å²) in [5.74, 6) is 0.877. The predicted molar refractivity (Wildman–Crippen MR) is 74.7 cm³/mol. The fraction of sp³-hybridized carbons (Fsp3) is 0.333. The quantitative estimate of drug-likeness (QED) is 0.895. The summed E-state index contributed by atoms with van der Waals surface area (Å²) in [6, 6.07) is 6.39. The molecule has 1 aromatic heterocycles. The number of anilines is 1. The average Bonchev–Trinajstić information content (AvgIpc) is 2.27. The highest BCUT2D eigenvalue weighted by Crippen LogP contribution is 2.17. The van der Waals surface area contributed by atoms with Gasteiger partial charge in [0.2, 0.25) is 0 Å². The van der Waals surface area contributed by atoms with Gasteiger partial charge in [0.15, 0.2) is 0 Å². The molecule has 1 heterocycles. The third-order valence-corrected chi connectivity index (χ3v) is 3.09. The third-order valence-electron chi connectivity index (χ3n) is 3.09. The summed E-state index contributed by atoms with van der Waals surface area (Å²) >= 11 is 0. The molecule has 0 unspecified atom stereocenters. The molecule has 1 aromatic carbocycles. The third kappa shape index (κ3) is 2.86. The van der Waals surface area contributed by atoms with Crippen LogP contribution in [-0.2, 0) is 6.54 Å². The van der Waals surface area contributed by atoms with Gasteiger partial charge in [0, 0.05) is 18.3 Å². The van der Waals surface area contributed by atoms with E-state index in [1.54, 1.807) is 6.33 Å². The van der Waals surface area contributed by atoms with Gasteiger partial charge in [-0.05, 0) is 44.4 Å². The normalized spacial score (nSPS) is 10.4. The molecule has 2 rings (SSSR count). The van der Waals surface area contributed by atoms with E-state index in [4.69, 9.17) is 0 Å². The van der Waals surface area contributed by atoms with Gasteiger partial charge in [-0.1, -0.05) is 17.7 Å². The van der Waals surface area contributed by atoms with E-state index < -0.39 is 0 Å². The monoisotopic (exact) mass is 241 g/mol. The van der Waals surface area contributed by atoms with Gasteiger partial charge in [0.25, 0.3) is 0 Å². The molecule has 0 atom stereocenters. The zero-order valence-corrected chi connectivity index (χ0v) is 11.4. The van der Waals surface area contributed by atoms with Crippen molar-refractivity contribution in [1.82, 2.24) is 9.97 Å². The van der Waals surface area contributed by atoms with Crippen LogP contribution in [-0.4, -0.2) is 9.97 Å². The molecule has 3 heteroatoms. The highest BCUT2D eigenvalue weighted by atomic mass is 15.0. The SMILES string of the molecule is Cc1cc(C)c(CNc2cc(C)ncn2)c(C)c1. The zero-order valence-electron chi connectivity index (χ0n) is 11.4. The summed E-state index contributed by atoms with van der Waals surface area (Å²) in [5.41, 5.74) is 6.28. The molecule has 18 heavy (non-hydrogen) atoms. The summed E-state index contributed by atoms with van der Waals surface area (Å²) in [5, 5.41) is 3.35. The van der Waals surface area contributed by atoms with E-state index in [0.29, 0.717) is 0 Å². The Morgan fingerprint density at radius 1 is 0.944 bits per heavy atom. The molecule has 0 radical (unpaired) electrons. The Labute approximate surface area is 108 Å². The summed E-state index contributed by atoms with van der Waals surface area (Å²) in [6.45, 7) is 9.21. The van der Waals surface area contributed by atoms with E-state index in [9.17, 15) is 0 Å². The van der Waals surface area contributed by atoms with Gasteiger partial charge in [-0.3, -0.25) is 0 Å². The number of aryl methyl sites for hydroxylation is 4. The van der Waals surface area contributed by atoms with Crippen LogP contribution in [0.15, 0.2) is 24.5 Å².